The first-order valence-electron chi connectivity index (χ1n) is 4.09. The number of hydrogen-bond donors (Lipinski definition) is 2. The van der Waals surface area contributed by atoms with Crippen LogP contribution < -0.4 is 0 Å². The van der Waals surface area contributed by atoms with Crippen molar-refractivity contribution in [2.45, 2.75) is 13.3 Å². The second-order valence-corrected chi connectivity index (χ2v) is 4.19. The average Bonchev–Trinajstić information content (AvgIpc) is 2.18. The van der Waals surface area contributed by atoms with Crippen LogP contribution in [0.25, 0.3) is 0 Å². The van der Waals surface area contributed by atoms with Crippen molar-refractivity contribution in [1.82, 2.24) is 4.98 Å². The van der Waals surface area contributed by atoms with Crippen molar-refractivity contribution in [3.63, 3.8) is 0 Å². The Bertz CT molecular complexity index is 306. The molecule has 0 radical (unpaired) electrons. The normalized spacial score (nSPS) is 13.5. The van der Waals surface area contributed by atoms with Gasteiger partial charge in [0.05, 0.1) is 0 Å². The van der Waals surface area contributed by atoms with E-state index in [9.17, 15) is 9.13 Å². The average molecular weight is 253 g/mol. The highest BCUT2D eigenvalue weighted by Gasteiger charge is 1.93. The quantitative estimate of drug-likeness (QED) is 0.790. The SMILES string of the molecule is CCc1ccccn1.O=[PH](O)O[PH](=O)O. The standard InChI is InChI=1S/C7H9N.H4O5P2/c1-2-7-5-3-4-6-8-7;1-6(2)5-7(3)4/h3-6H,2H2,1H3;6-7H,(H,1,2)(H,3,4). The molecule has 2 unspecified atom stereocenters. The van der Waals surface area contributed by atoms with E-state index in [0.29, 0.717) is 0 Å². The second kappa shape index (κ2) is 8.77. The summed E-state index contributed by atoms with van der Waals surface area (Å²) in [7, 11) is -6.40. The third kappa shape index (κ3) is 9.79. The summed E-state index contributed by atoms with van der Waals surface area (Å²) >= 11 is 0. The lowest BCUT2D eigenvalue weighted by Crippen LogP contribution is -1.81. The van der Waals surface area contributed by atoms with Crippen molar-refractivity contribution in [3.05, 3.63) is 30.1 Å². The van der Waals surface area contributed by atoms with Crippen LogP contribution in [0.15, 0.2) is 24.4 Å². The molecular weight excluding hydrogens is 240 g/mol. The van der Waals surface area contributed by atoms with Crippen molar-refractivity contribution in [1.29, 1.82) is 0 Å². The first-order valence-corrected chi connectivity index (χ1v) is 6.62. The van der Waals surface area contributed by atoms with E-state index in [1.807, 2.05) is 24.4 Å². The molecule has 15 heavy (non-hydrogen) atoms. The van der Waals surface area contributed by atoms with Crippen molar-refractivity contribution >= 4 is 16.5 Å². The molecule has 0 bridgehead atoms. The van der Waals surface area contributed by atoms with Crippen molar-refractivity contribution in [2.24, 2.45) is 0 Å². The minimum Gasteiger partial charge on any atom is -0.326 e. The van der Waals surface area contributed by atoms with Crippen molar-refractivity contribution in [2.75, 3.05) is 0 Å². The van der Waals surface area contributed by atoms with E-state index in [1.165, 1.54) is 0 Å². The number of aromatic nitrogens is 1. The molecule has 0 spiro atoms. The smallest absolute Gasteiger partial charge is 0.323 e. The molecule has 0 amide bonds. The highest BCUT2D eigenvalue weighted by atomic mass is 31.2. The van der Waals surface area contributed by atoms with Crippen LogP contribution in [0.1, 0.15) is 12.6 Å². The van der Waals surface area contributed by atoms with Gasteiger partial charge in [0.15, 0.2) is 0 Å². The molecule has 0 aromatic carbocycles. The van der Waals surface area contributed by atoms with Crippen LogP contribution in [-0.2, 0) is 19.9 Å². The Balaban J connectivity index is 0.000000265. The fourth-order valence-corrected chi connectivity index (χ4v) is 1.28. The zero-order chi connectivity index (χ0) is 11.7. The van der Waals surface area contributed by atoms with E-state index in [4.69, 9.17) is 9.79 Å². The van der Waals surface area contributed by atoms with Crippen LogP contribution >= 0.6 is 16.5 Å². The van der Waals surface area contributed by atoms with Gasteiger partial charge >= 0.3 is 16.5 Å². The molecule has 1 heterocycles. The van der Waals surface area contributed by atoms with Gasteiger partial charge in [-0.3, -0.25) is 14.1 Å². The maximum Gasteiger partial charge on any atom is 0.323 e. The Morgan fingerprint density at radius 1 is 1.33 bits per heavy atom. The summed E-state index contributed by atoms with van der Waals surface area (Å²) in [5.41, 5.74) is 1.16. The maximum absolute atomic E-state index is 9.44. The van der Waals surface area contributed by atoms with Gasteiger partial charge in [-0.2, -0.15) is 0 Å². The van der Waals surface area contributed by atoms with Gasteiger partial charge in [-0.25, -0.2) is 4.31 Å². The van der Waals surface area contributed by atoms with Gasteiger partial charge in [0.25, 0.3) is 0 Å². The Hall–Kier alpha value is -0.510. The summed E-state index contributed by atoms with van der Waals surface area (Å²) in [5, 5.41) is 0. The molecule has 1 aromatic rings. The summed E-state index contributed by atoms with van der Waals surface area (Å²) in [6, 6.07) is 5.96. The number of nitrogens with zero attached hydrogens (tertiary/aromatic N) is 1. The van der Waals surface area contributed by atoms with Crippen LogP contribution in [0.5, 0.6) is 0 Å². The minimum atomic E-state index is -3.20. The Morgan fingerprint density at radius 2 is 1.93 bits per heavy atom. The van der Waals surface area contributed by atoms with Crippen LogP contribution in [0.4, 0.5) is 0 Å². The summed E-state index contributed by atoms with van der Waals surface area (Å²) in [6.45, 7) is 2.10. The molecule has 86 valence electrons. The molecule has 0 saturated carbocycles. The van der Waals surface area contributed by atoms with E-state index in [0.717, 1.165) is 12.1 Å². The molecule has 0 aliphatic carbocycles. The van der Waals surface area contributed by atoms with E-state index in [2.05, 4.69) is 16.2 Å². The molecule has 1 aromatic heterocycles. The Labute approximate surface area is 88.8 Å². The predicted octanol–water partition coefficient (Wildman–Crippen LogP) is 1.41. The van der Waals surface area contributed by atoms with E-state index in [1.54, 1.807) is 0 Å². The second-order valence-electron chi connectivity index (χ2n) is 2.31. The molecule has 0 fully saturated rings. The zero-order valence-electron chi connectivity index (χ0n) is 8.08. The topological polar surface area (TPSA) is 96.7 Å². The molecule has 1 rings (SSSR count). The first kappa shape index (κ1) is 14.5. The van der Waals surface area contributed by atoms with Crippen LogP contribution in [0, 0.1) is 0 Å². The molecule has 8 heteroatoms. The van der Waals surface area contributed by atoms with Gasteiger partial charge < -0.3 is 9.79 Å². The third-order valence-electron chi connectivity index (χ3n) is 1.26. The zero-order valence-corrected chi connectivity index (χ0v) is 10.1. The van der Waals surface area contributed by atoms with E-state index in [-0.39, 0.29) is 0 Å². The third-order valence-corrected chi connectivity index (χ3v) is 2.66. The number of pyridine rings is 1. The lowest BCUT2D eigenvalue weighted by Gasteiger charge is -1.88. The van der Waals surface area contributed by atoms with Crippen LogP contribution in [0.3, 0.4) is 0 Å². The molecule has 0 aliphatic rings. The molecule has 2 atom stereocenters. The maximum atomic E-state index is 9.44. The summed E-state index contributed by atoms with van der Waals surface area (Å²) < 4.78 is 22.3. The van der Waals surface area contributed by atoms with E-state index < -0.39 is 16.5 Å². The largest absolute Gasteiger partial charge is 0.326 e. The van der Waals surface area contributed by atoms with Crippen molar-refractivity contribution < 1.29 is 23.2 Å². The van der Waals surface area contributed by atoms with Gasteiger partial charge in [0.2, 0.25) is 0 Å². The molecule has 0 aliphatic heterocycles. The fourth-order valence-electron chi connectivity index (χ4n) is 0.682. The number of rotatable bonds is 3. The van der Waals surface area contributed by atoms with Gasteiger partial charge in [-0.05, 0) is 18.6 Å². The highest BCUT2D eigenvalue weighted by Crippen LogP contribution is 2.30. The number of aryl methyl sites for hydroxylation is 1. The van der Waals surface area contributed by atoms with Gasteiger partial charge in [0, 0.05) is 11.9 Å². The van der Waals surface area contributed by atoms with Crippen LogP contribution in [-0.4, -0.2) is 14.8 Å². The molecular formula is C7H13NO5P2. The lowest BCUT2D eigenvalue weighted by molar-refractivity contribution is 0.371. The fraction of sp³-hybridized carbons (Fsp3) is 0.286. The molecule has 2 N–H and O–H groups in total. The lowest BCUT2D eigenvalue weighted by atomic mass is 10.3. The molecule has 6 nitrogen and oxygen atoms in total. The van der Waals surface area contributed by atoms with E-state index >= 15 is 0 Å². The van der Waals surface area contributed by atoms with Crippen molar-refractivity contribution in [3.8, 4) is 0 Å². The summed E-state index contributed by atoms with van der Waals surface area (Å²) in [5.74, 6) is 0. The van der Waals surface area contributed by atoms with Gasteiger partial charge in [-0.15, -0.1) is 0 Å². The molecule has 0 saturated heterocycles. The predicted molar refractivity (Wildman–Crippen MR) is 57.1 cm³/mol. The number of hydrogen-bond acceptors (Lipinski definition) is 4. The van der Waals surface area contributed by atoms with Gasteiger partial charge in [0.1, 0.15) is 0 Å². The Morgan fingerprint density at radius 3 is 2.13 bits per heavy atom. The first-order chi connectivity index (χ1) is 7.06. The monoisotopic (exact) mass is 253 g/mol. The summed E-state index contributed by atoms with van der Waals surface area (Å²) in [6.07, 6.45) is 2.85. The van der Waals surface area contributed by atoms with Crippen LogP contribution in [0.2, 0.25) is 0 Å². The highest BCUT2D eigenvalue weighted by molar-refractivity contribution is 7.46. The Kier molecular flexibility index (Phi) is 8.47. The summed E-state index contributed by atoms with van der Waals surface area (Å²) in [4.78, 5) is 19.5. The minimum absolute atomic E-state index is 1.03. The van der Waals surface area contributed by atoms with Gasteiger partial charge in [-0.1, -0.05) is 13.0 Å².